The maximum atomic E-state index is 5.98. The maximum absolute atomic E-state index is 5.98. The third-order valence-corrected chi connectivity index (χ3v) is 4.16. The summed E-state index contributed by atoms with van der Waals surface area (Å²) >= 11 is 0. The van der Waals surface area contributed by atoms with E-state index in [0.717, 1.165) is 18.6 Å². The van der Waals surface area contributed by atoms with Gasteiger partial charge in [0.25, 0.3) is 0 Å². The lowest BCUT2D eigenvalue weighted by Gasteiger charge is -2.32. The van der Waals surface area contributed by atoms with Crippen LogP contribution in [0.25, 0.3) is 0 Å². The molecule has 1 aromatic heterocycles. The SMILES string of the molecule is CC1(C)OB(c2cc(OC3CC3)cc(N)n2)OC1(C)C. The zero-order valence-electron chi connectivity index (χ0n) is 12.5. The normalized spacial score (nSPS) is 23.9. The Bertz CT molecular complexity index is 513. The predicted molar refractivity (Wildman–Crippen MR) is 78.0 cm³/mol. The molecule has 1 aliphatic heterocycles. The highest BCUT2D eigenvalue weighted by molar-refractivity contribution is 6.61. The number of nitrogens with two attached hydrogens (primary N) is 1. The molecule has 0 unspecified atom stereocenters. The standard InChI is InChI=1S/C14H21BN2O3/c1-13(2)14(3,4)20-15(19-13)11-7-10(8-12(16)17-11)18-9-5-6-9/h7-9H,5-6H2,1-4H3,(H2,16,17). The molecule has 2 heterocycles. The molecule has 0 bridgehead atoms. The van der Waals surface area contributed by atoms with Crippen LogP contribution in [0.3, 0.4) is 0 Å². The van der Waals surface area contributed by atoms with Gasteiger partial charge < -0.3 is 19.8 Å². The summed E-state index contributed by atoms with van der Waals surface area (Å²) in [5, 5.41) is 0. The van der Waals surface area contributed by atoms with Gasteiger partial charge in [-0.3, -0.25) is 0 Å². The minimum absolute atomic E-state index is 0.322. The monoisotopic (exact) mass is 276 g/mol. The van der Waals surface area contributed by atoms with Gasteiger partial charge in [-0.25, -0.2) is 4.98 Å². The van der Waals surface area contributed by atoms with E-state index in [9.17, 15) is 0 Å². The Morgan fingerprint density at radius 2 is 1.80 bits per heavy atom. The molecule has 1 saturated heterocycles. The summed E-state index contributed by atoms with van der Waals surface area (Å²) in [6.07, 6.45) is 2.53. The summed E-state index contributed by atoms with van der Waals surface area (Å²) in [5.74, 6) is 1.16. The van der Waals surface area contributed by atoms with Gasteiger partial charge in [-0.2, -0.15) is 0 Å². The lowest BCUT2D eigenvalue weighted by molar-refractivity contribution is 0.00578. The van der Waals surface area contributed by atoms with E-state index in [4.69, 9.17) is 19.8 Å². The molecule has 3 rings (SSSR count). The van der Waals surface area contributed by atoms with Gasteiger partial charge in [0.15, 0.2) is 0 Å². The molecule has 0 atom stereocenters. The minimum Gasteiger partial charge on any atom is -0.490 e. The molecule has 6 heteroatoms. The number of anilines is 1. The first-order valence-corrected chi connectivity index (χ1v) is 7.07. The maximum Gasteiger partial charge on any atom is 0.514 e. The molecule has 2 fully saturated rings. The Kier molecular flexibility index (Phi) is 2.99. The van der Waals surface area contributed by atoms with Crippen LogP contribution in [0.2, 0.25) is 0 Å². The number of ether oxygens (including phenoxy) is 1. The van der Waals surface area contributed by atoms with Gasteiger partial charge in [0.05, 0.1) is 22.9 Å². The van der Waals surface area contributed by atoms with E-state index >= 15 is 0 Å². The van der Waals surface area contributed by atoms with E-state index in [-0.39, 0.29) is 11.2 Å². The second kappa shape index (κ2) is 4.36. The lowest BCUT2D eigenvalue weighted by Crippen LogP contribution is -2.41. The van der Waals surface area contributed by atoms with Crippen molar-refractivity contribution >= 4 is 18.5 Å². The topological polar surface area (TPSA) is 66.6 Å². The molecule has 1 aromatic rings. The van der Waals surface area contributed by atoms with E-state index in [1.54, 1.807) is 6.07 Å². The third kappa shape index (κ3) is 2.50. The van der Waals surface area contributed by atoms with Crippen molar-refractivity contribution in [2.75, 3.05) is 5.73 Å². The minimum atomic E-state index is -0.509. The van der Waals surface area contributed by atoms with Gasteiger partial charge in [0, 0.05) is 6.07 Å². The van der Waals surface area contributed by atoms with Crippen LogP contribution in [0.1, 0.15) is 40.5 Å². The Labute approximate surface area is 119 Å². The Morgan fingerprint density at radius 3 is 2.35 bits per heavy atom. The summed E-state index contributed by atoms with van der Waals surface area (Å²) in [7, 11) is -0.509. The second-order valence-electron chi connectivity index (χ2n) is 6.56. The van der Waals surface area contributed by atoms with Crippen molar-refractivity contribution in [1.82, 2.24) is 4.98 Å². The fourth-order valence-corrected chi connectivity index (χ4v) is 2.08. The van der Waals surface area contributed by atoms with Crippen LogP contribution in [-0.4, -0.2) is 29.4 Å². The number of aromatic nitrogens is 1. The average molecular weight is 276 g/mol. The summed E-state index contributed by atoms with van der Waals surface area (Å²) in [6.45, 7) is 8.06. The molecule has 2 N–H and O–H groups in total. The number of hydrogen-bond donors (Lipinski definition) is 1. The molecule has 0 amide bonds. The van der Waals surface area contributed by atoms with Crippen molar-refractivity contribution in [3.8, 4) is 5.75 Å². The molecule has 0 radical (unpaired) electrons. The van der Waals surface area contributed by atoms with E-state index in [1.807, 2.05) is 33.8 Å². The van der Waals surface area contributed by atoms with Crippen molar-refractivity contribution in [2.24, 2.45) is 0 Å². The Morgan fingerprint density at radius 1 is 1.20 bits per heavy atom. The lowest BCUT2D eigenvalue weighted by atomic mass is 9.84. The van der Waals surface area contributed by atoms with Gasteiger partial charge in [-0.1, -0.05) is 0 Å². The molecule has 1 aliphatic carbocycles. The molecule has 20 heavy (non-hydrogen) atoms. The summed E-state index contributed by atoms with van der Waals surface area (Å²) in [4.78, 5) is 4.32. The van der Waals surface area contributed by atoms with E-state index in [2.05, 4.69) is 4.98 Å². The van der Waals surface area contributed by atoms with Crippen LogP contribution in [0, 0.1) is 0 Å². The molecule has 1 saturated carbocycles. The molecule has 5 nitrogen and oxygen atoms in total. The van der Waals surface area contributed by atoms with Crippen LogP contribution in [-0.2, 0) is 9.31 Å². The summed E-state index contributed by atoms with van der Waals surface area (Å²) in [6, 6.07) is 3.60. The van der Waals surface area contributed by atoms with Crippen molar-refractivity contribution in [1.29, 1.82) is 0 Å². The largest absolute Gasteiger partial charge is 0.514 e. The van der Waals surface area contributed by atoms with Crippen LogP contribution in [0.5, 0.6) is 5.75 Å². The molecular weight excluding hydrogens is 255 g/mol. The van der Waals surface area contributed by atoms with Gasteiger partial charge >= 0.3 is 7.12 Å². The van der Waals surface area contributed by atoms with Crippen molar-refractivity contribution < 1.29 is 14.0 Å². The van der Waals surface area contributed by atoms with E-state index in [0.29, 0.717) is 17.5 Å². The second-order valence-corrected chi connectivity index (χ2v) is 6.56. The number of rotatable bonds is 3. The number of nitrogen functional groups attached to an aromatic ring is 1. The van der Waals surface area contributed by atoms with Crippen molar-refractivity contribution in [2.45, 2.75) is 57.8 Å². The first-order chi connectivity index (χ1) is 9.27. The summed E-state index contributed by atoms with van der Waals surface area (Å²) < 4.78 is 17.7. The van der Waals surface area contributed by atoms with Crippen LogP contribution in [0.4, 0.5) is 5.82 Å². The first-order valence-electron chi connectivity index (χ1n) is 7.07. The van der Waals surface area contributed by atoms with Crippen LogP contribution in [0.15, 0.2) is 12.1 Å². The fourth-order valence-electron chi connectivity index (χ4n) is 2.08. The molecular formula is C14H21BN2O3. The zero-order valence-corrected chi connectivity index (χ0v) is 12.5. The molecule has 0 spiro atoms. The van der Waals surface area contributed by atoms with Gasteiger partial charge in [0.2, 0.25) is 0 Å². The predicted octanol–water partition coefficient (Wildman–Crippen LogP) is 1.50. The number of hydrogen-bond acceptors (Lipinski definition) is 5. The molecule has 108 valence electrons. The van der Waals surface area contributed by atoms with Crippen molar-refractivity contribution in [3.63, 3.8) is 0 Å². The molecule has 0 aromatic carbocycles. The number of pyridine rings is 1. The van der Waals surface area contributed by atoms with E-state index in [1.165, 1.54) is 0 Å². The van der Waals surface area contributed by atoms with Crippen molar-refractivity contribution in [3.05, 3.63) is 12.1 Å². The van der Waals surface area contributed by atoms with Gasteiger partial charge in [-0.15, -0.1) is 0 Å². The highest BCUT2D eigenvalue weighted by Gasteiger charge is 2.52. The number of nitrogens with zero attached hydrogens (tertiary/aromatic N) is 1. The highest BCUT2D eigenvalue weighted by Crippen LogP contribution is 2.36. The zero-order chi connectivity index (χ0) is 14.5. The van der Waals surface area contributed by atoms with Gasteiger partial charge in [0.1, 0.15) is 11.6 Å². The molecule has 2 aliphatic rings. The quantitative estimate of drug-likeness (QED) is 0.847. The van der Waals surface area contributed by atoms with E-state index < -0.39 is 7.12 Å². The average Bonchev–Trinajstić information content (AvgIpc) is 3.06. The smallest absolute Gasteiger partial charge is 0.490 e. The fraction of sp³-hybridized carbons (Fsp3) is 0.643. The Balaban J connectivity index is 1.85. The first kappa shape index (κ1) is 13.7. The van der Waals surface area contributed by atoms with Crippen LogP contribution >= 0.6 is 0 Å². The third-order valence-electron chi connectivity index (χ3n) is 4.16. The Hall–Kier alpha value is -1.27. The summed E-state index contributed by atoms with van der Waals surface area (Å²) in [5.41, 5.74) is 5.75. The van der Waals surface area contributed by atoms with Crippen LogP contribution < -0.4 is 16.1 Å². The highest BCUT2D eigenvalue weighted by atomic mass is 16.7. The van der Waals surface area contributed by atoms with Gasteiger partial charge in [-0.05, 0) is 46.6 Å².